The quantitative estimate of drug-likeness (QED) is 0.475. The maximum atomic E-state index is 4.98. The molecule has 1 aromatic rings. The van der Waals surface area contributed by atoms with Crippen molar-refractivity contribution in [2.45, 2.75) is 12.8 Å². The van der Waals surface area contributed by atoms with Crippen molar-refractivity contribution < 1.29 is 14.3 Å². The van der Waals surface area contributed by atoms with Crippen LogP contribution >= 0.6 is 0 Å². The number of rotatable bonds is 0. The van der Waals surface area contributed by atoms with Crippen molar-refractivity contribution in [2.75, 3.05) is 0 Å². The van der Waals surface area contributed by atoms with E-state index in [4.69, 9.17) is 14.3 Å². The summed E-state index contributed by atoms with van der Waals surface area (Å²) in [6, 6.07) is 0. The fourth-order valence-corrected chi connectivity index (χ4v) is 1.38. The molecule has 0 saturated carbocycles. The summed E-state index contributed by atoms with van der Waals surface area (Å²) in [5.41, 5.74) is 0.734. The molecule has 4 nitrogen and oxygen atoms in total. The molecule has 0 N–H and O–H groups in total. The van der Waals surface area contributed by atoms with Gasteiger partial charge in [-0.25, -0.2) is 0 Å². The predicted molar refractivity (Wildman–Crippen MR) is 34.0 cm³/mol. The summed E-state index contributed by atoms with van der Waals surface area (Å²) in [6.07, 6.45) is 3.41. The van der Waals surface area contributed by atoms with Gasteiger partial charge in [0.1, 0.15) is 0 Å². The van der Waals surface area contributed by atoms with E-state index in [0.29, 0.717) is 0 Å². The molecule has 4 heteroatoms. The van der Waals surface area contributed by atoms with Gasteiger partial charge >= 0.3 is 0 Å². The highest BCUT2D eigenvalue weighted by atomic mass is 17.2. The Kier molecular flexibility index (Phi) is 0.753. The average molecular weight is 151 g/mol. The Morgan fingerprint density at radius 3 is 2.73 bits per heavy atom. The summed E-state index contributed by atoms with van der Waals surface area (Å²) in [7, 11) is 0. The first-order valence-corrected chi connectivity index (χ1v) is 3.47. The van der Waals surface area contributed by atoms with Crippen LogP contribution in [0, 0.1) is 0 Å². The van der Waals surface area contributed by atoms with Crippen molar-refractivity contribution in [1.82, 2.24) is 5.16 Å². The second-order valence-corrected chi connectivity index (χ2v) is 2.58. The number of nitrogens with zero attached hydrogens (tertiary/aromatic N) is 1. The number of aromatic nitrogens is 1. The van der Waals surface area contributed by atoms with Gasteiger partial charge in [-0.3, -0.25) is 9.78 Å². The molecule has 11 heavy (non-hydrogen) atoms. The van der Waals surface area contributed by atoms with E-state index in [2.05, 4.69) is 5.16 Å². The minimum absolute atomic E-state index is 0.734. The second kappa shape index (κ2) is 1.58. The van der Waals surface area contributed by atoms with Gasteiger partial charge in [-0.05, 0) is 0 Å². The van der Waals surface area contributed by atoms with Crippen LogP contribution in [0.3, 0.4) is 0 Å². The van der Waals surface area contributed by atoms with Gasteiger partial charge < -0.3 is 4.52 Å². The summed E-state index contributed by atoms with van der Waals surface area (Å²) < 4.78 is 4.98. The zero-order valence-electron chi connectivity index (χ0n) is 5.66. The smallest absolute Gasteiger partial charge is 0.213 e. The molecule has 3 aliphatic rings. The number of hydrogen-bond donors (Lipinski definition) is 0. The predicted octanol–water partition coefficient (Wildman–Crippen LogP) is -0.353. The number of hydrogen-bond acceptors (Lipinski definition) is 4. The van der Waals surface area contributed by atoms with E-state index >= 15 is 0 Å². The Hall–Kier alpha value is -1.45. The molecule has 0 spiro atoms. The third kappa shape index (κ3) is 0.520. The van der Waals surface area contributed by atoms with Crippen LogP contribution in [-0.4, -0.2) is 5.16 Å². The molecular formula is C7H5NO3. The van der Waals surface area contributed by atoms with Crippen LogP contribution in [0.2, 0.25) is 0 Å². The maximum absolute atomic E-state index is 4.98. The van der Waals surface area contributed by atoms with Gasteiger partial charge in [-0.2, -0.15) is 0 Å². The Morgan fingerprint density at radius 2 is 2.00 bits per heavy atom. The zero-order valence-corrected chi connectivity index (χ0v) is 5.66. The first-order chi connectivity index (χ1) is 5.45. The summed E-state index contributed by atoms with van der Waals surface area (Å²) in [5.74, 6) is 1.59. The van der Waals surface area contributed by atoms with Crippen molar-refractivity contribution in [2.24, 2.45) is 0 Å². The van der Waals surface area contributed by atoms with Crippen LogP contribution in [-0.2, 0) is 9.78 Å². The molecule has 1 fully saturated rings. The highest BCUT2D eigenvalue weighted by Crippen LogP contribution is 2.24. The molecule has 2 bridgehead atoms. The fourth-order valence-electron chi connectivity index (χ4n) is 1.38. The summed E-state index contributed by atoms with van der Waals surface area (Å²) in [4.78, 5) is 9.85. The first kappa shape index (κ1) is 5.23. The molecular weight excluding hydrogens is 146 g/mol. The van der Waals surface area contributed by atoms with E-state index < -0.39 is 0 Å². The summed E-state index contributed by atoms with van der Waals surface area (Å²) in [5, 5.41) is 4.61. The van der Waals surface area contributed by atoms with Gasteiger partial charge in [0.05, 0.1) is 11.4 Å². The molecule has 0 atom stereocenters. The number of fused-ring (bicyclic) bond motifs is 2. The lowest BCUT2D eigenvalue weighted by Crippen LogP contribution is -2.34. The molecule has 0 unspecified atom stereocenters. The molecule has 56 valence electrons. The van der Waals surface area contributed by atoms with Crippen LogP contribution in [0.4, 0.5) is 0 Å². The lowest BCUT2D eigenvalue weighted by molar-refractivity contribution is -0.187. The van der Waals surface area contributed by atoms with Gasteiger partial charge in [0, 0.05) is 12.8 Å². The Morgan fingerprint density at radius 1 is 1.18 bits per heavy atom. The van der Waals surface area contributed by atoms with Crippen LogP contribution in [0.25, 0.3) is 11.5 Å². The Bertz CT molecular complexity index is 367. The van der Waals surface area contributed by atoms with E-state index in [1.807, 2.05) is 0 Å². The van der Waals surface area contributed by atoms with Crippen LogP contribution in [0.1, 0.15) is 12.8 Å². The summed E-state index contributed by atoms with van der Waals surface area (Å²) in [6.45, 7) is 0. The fraction of sp³-hybridized carbons (Fsp3) is 0.286. The molecule has 2 aliphatic heterocycles. The van der Waals surface area contributed by atoms with Crippen molar-refractivity contribution in [3.63, 3.8) is 0 Å². The highest BCUT2D eigenvalue weighted by Gasteiger charge is 2.24. The van der Waals surface area contributed by atoms with Gasteiger partial charge in [-0.15, -0.1) is 0 Å². The van der Waals surface area contributed by atoms with Crippen LogP contribution in [0.15, 0.2) is 10.7 Å². The molecule has 3 heterocycles. The lowest BCUT2D eigenvalue weighted by atomic mass is 10.1. The van der Waals surface area contributed by atoms with Crippen LogP contribution in [0.5, 0.6) is 0 Å². The Labute approximate surface area is 61.6 Å². The average Bonchev–Trinajstić information content (AvgIpc) is 2.55. The minimum Gasteiger partial charge on any atom is -0.352 e. The van der Waals surface area contributed by atoms with Crippen molar-refractivity contribution >= 4 is 11.5 Å². The Balaban J connectivity index is 2.61. The molecule has 0 aromatic carbocycles. The zero-order chi connectivity index (χ0) is 7.26. The summed E-state index contributed by atoms with van der Waals surface area (Å²) >= 11 is 0. The van der Waals surface area contributed by atoms with Crippen molar-refractivity contribution in [1.29, 1.82) is 0 Å². The lowest BCUT2D eigenvalue weighted by Gasteiger charge is -2.18. The van der Waals surface area contributed by atoms with E-state index in [9.17, 15) is 0 Å². The SMILES string of the molecule is c1noc2c1=C1CCC=2OO1. The second-order valence-electron chi connectivity index (χ2n) is 2.58. The highest BCUT2D eigenvalue weighted by molar-refractivity contribution is 5.50. The van der Waals surface area contributed by atoms with E-state index in [0.717, 1.165) is 35.0 Å². The minimum atomic E-state index is 0.734. The maximum Gasteiger partial charge on any atom is 0.213 e. The van der Waals surface area contributed by atoms with E-state index in [-0.39, 0.29) is 0 Å². The third-order valence-electron chi connectivity index (χ3n) is 1.95. The van der Waals surface area contributed by atoms with Crippen molar-refractivity contribution in [3.8, 4) is 0 Å². The van der Waals surface area contributed by atoms with Gasteiger partial charge in [0.2, 0.25) is 11.2 Å². The standard InChI is InChI=1S/C7H5NO3/c1-2-6-7-4(3-8-9-7)5(1)10-11-6/h3H,1-2H2. The van der Waals surface area contributed by atoms with E-state index in [1.165, 1.54) is 0 Å². The van der Waals surface area contributed by atoms with Crippen LogP contribution < -0.4 is 10.6 Å². The monoisotopic (exact) mass is 151 g/mol. The van der Waals surface area contributed by atoms with E-state index in [1.54, 1.807) is 6.20 Å². The molecule has 1 aromatic heterocycles. The topological polar surface area (TPSA) is 44.5 Å². The third-order valence-corrected chi connectivity index (χ3v) is 1.95. The largest absolute Gasteiger partial charge is 0.352 e. The normalized spacial score (nSPS) is 19.3. The van der Waals surface area contributed by atoms with Gasteiger partial charge in [-0.1, -0.05) is 5.16 Å². The van der Waals surface area contributed by atoms with Gasteiger partial charge in [0.25, 0.3) is 0 Å². The molecule has 1 saturated heterocycles. The van der Waals surface area contributed by atoms with Gasteiger partial charge in [0.15, 0.2) is 5.76 Å². The van der Waals surface area contributed by atoms with Crippen molar-refractivity contribution in [3.05, 3.63) is 16.8 Å². The first-order valence-electron chi connectivity index (χ1n) is 3.47. The molecule has 1 aliphatic carbocycles. The molecule has 0 amide bonds. The molecule has 0 radical (unpaired) electrons. The molecule has 4 rings (SSSR count).